The lowest BCUT2D eigenvalue weighted by atomic mass is 9.95. The number of nitrogens with zero attached hydrogens (tertiary/aromatic N) is 2. The van der Waals surface area contributed by atoms with Crippen LogP contribution in [0.2, 0.25) is 0 Å². The zero-order valence-electron chi connectivity index (χ0n) is 12.6. The lowest BCUT2D eigenvalue weighted by Crippen LogP contribution is -2.38. The van der Waals surface area contributed by atoms with Crippen LogP contribution in [0, 0.1) is 0 Å². The highest BCUT2D eigenvalue weighted by Crippen LogP contribution is 2.17. The van der Waals surface area contributed by atoms with E-state index in [0.717, 1.165) is 18.7 Å². The highest BCUT2D eigenvalue weighted by atomic mass is 16.2. The first kappa shape index (κ1) is 15.0. The standard InChI is InChI=1S/C15H26N4O/c1-12(2)17-10-14-16-8-9-19(14)11-15(20)18-13-6-4-3-5-7-13/h8-9,12-13,17H,3-7,10-11H2,1-2H3,(H,18,20). The topological polar surface area (TPSA) is 59.0 Å². The molecule has 0 aromatic carbocycles. The monoisotopic (exact) mass is 278 g/mol. The molecule has 5 heteroatoms. The van der Waals surface area contributed by atoms with Crippen LogP contribution in [-0.2, 0) is 17.9 Å². The normalized spacial score (nSPS) is 16.6. The summed E-state index contributed by atoms with van der Waals surface area (Å²) in [6, 6.07) is 0.785. The molecule has 1 heterocycles. The van der Waals surface area contributed by atoms with Crippen LogP contribution < -0.4 is 10.6 Å². The Kier molecular flexibility index (Phi) is 5.59. The van der Waals surface area contributed by atoms with Crippen molar-refractivity contribution in [2.75, 3.05) is 0 Å². The Bertz CT molecular complexity index is 421. The molecule has 0 unspecified atom stereocenters. The third-order valence-corrected chi connectivity index (χ3v) is 3.75. The first-order valence-corrected chi connectivity index (χ1v) is 7.68. The van der Waals surface area contributed by atoms with Crippen LogP contribution in [0.4, 0.5) is 0 Å². The largest absolute Gasteiger partial charge is 0.352 e. The van der Waals surface area contributed by atoms with E-state index in [1.54, 1.807) is 6.20 Å². The Morgan fingerprint density at radius 3 is 2.85 bits per heavy atom. The molecular weight excluding hydrogens is 252 g/mol. The Morgan fingerprint density at radius 1 is 1.40 bits per heavy atom. The van der Waals surface area contributed by atoms with Gasteiger partial charge in [0.1, 0.15) is 12.4 Å². The van der Waals surface area contributed by atoms with Crippen molar-refractivity contribution < 1.29 is 4.79 Å². The molecule has 1 aromatic heterocycles. The van der Waals surface area contributed by atoms with Gasteiger partial charge < -0.3 is 15.2 Å². The Morgan fingerprint density at radius 2 is 2.15 bits per heavy atom. The predicted molar refractivity (Wildman–Crippen MR) is 79.2 cm³/mol. The molecule has 1 aromatic rings. The zero-order valence-corrected chi connectivity index (χ0v) is 12.6. The summed E-state index contributed by atoms with van der Waals surface area (Å²) in [5.41, 5.74) is 0. The minimum atomic E-state index is 0.0979. The smallest absolute Gasteiger partial charge is 0.240 e. The van der Waals surface area contributed by atoms with E-state index in [1.807, 2.05) is 10.8 Å². The molecule has 1 amide bonds. The lowest BCUT2D eigenvalue weighted by Gasteiger charge is -2.23. The minimum absolute atomic E-state index is 0.0979. The Labute approximate surface area is 121 Å². The van der Waals surface area contributed by atoms with Gasteiger partial charge in [0.25, 0.3) is 0 Å². The van der Waals surface area contributed by atoms with Gasteiger partial charge in [-0.05, 0) is 12.8 Å². The quantitative estimate of drug-likeness (QED) is 0.834. The Hall–Kier alpha value is -1.36. The van der Waals surface area contributed by atoms with Gasteiger partial charge in [-0.2, -0.15) is 0 Å². The summed E-state index contributed by atoms with van der Waals surface area (Å²) in [7, 11) is 0. The van der Waals surface area contributed by atoms with Gasteiger partial charge in [0.2, 0.25) is 5.91 Å². The van der Waals surface area contributed by atoms with Crippen molar-refractivity contribution in [1.29, 1.82) is 0 Å². The highest BCUT2D eigenvalue weighted by Gasteiger charge is 2.16. The van der Waals surface area contributed by atoms with Crippen molar-refractivity contribution in [3.05, 3.63) is 18.2 Å². The van der Waals surface area contributed by atoms with Gasteiger partial charge >= 0.3 is 0 Å². The fourth-order valence-corrected chi connectivity index (χ4v) is 2.62. The van der Waals surface area contributed by atoms with Gasteiger partial charge in [0.15, 0.2) is 0 Å². The van der Waals surface area contributed by atoms with E-state index in [1.165, 1.54) is 19.3 Å². The summed E-state index contributed by atoms with van der Waals surface area (Å²) >= 11 is 0. The van der Waals surface area contributed by atoms with Gasteiger partial charge in [-0.3, -0.25) is 4.79 Å². The zero-order chi connectivity index (χ0) is 14.4. The maximum Gasteiger partial charge on any atom is 0.240 e. The summed E-state index contributed by atoms with van der Waals surface area (Å²) in [6.07, 6.45) is 9.65. The molecule has 1 aliphatic carbocycles. The Balaban J connectivity index is 1.82. The van der Waals surface area contributed by atoms with E-state index in [0.29, 0.717) is 25.2 Å². The van der Waals surface area contributed by atoms with Gasteiger partial charge in [-0.1, -0.05) is 33.1 Å². The molecule has 1 fully saturated rings. The second-order valence-electron chi connectivity index (χ2n) is 5.91. The molecule has 2 N–H and O–H groups in total. The molecule has 2 rings (SSSR count). The summed E-state index contributed by atoms with van der Waals surface area (Å²) in [6.45, 7) is 5.26. The van der Waals surface area contributed by atoms with Crippen LogP contribution in [0.5, 0.6) is 0 Å². The van der Waals surface area contributed by atoms with Crippen molar-refractivity contribution in [3.63, 3.8) is 0 Å². The molecule has 1 aliphatic rings. The van der Waals surface area contributed by atoms with Gasteiger partial charge in [-0.15, -0.1) is 0 Å². The molecule has 112 valence electrons. The molecule has 1 saturated carbocycles. The molecule has 0 radical (unpaired) electrons. The summed E-state index contributed by atoms with van der Waals surface area (Å²) in [4.78, 5) is 16.4. The lowest BCUT2D eigenvalue weighted by molar-refractivity contribution is -0.122. The molecule has 0 bridgehead atoms. The maximum absolute atomic E-state index is 12.1. The number of amides is 1. The minimum Gasteiger partial charge on any atom is -0.352 e. The van der Waals surface area contributed by atoms with Crippen LogP contribution >= 0.6 is 0 Å². The number of carbonyl (C=O) groups excluding carboxylic acids is 1. The van der Waals surface area contributed by atoms with E-state index < -0.39 is 0 Å². The number of aromatic nitrogens is 2. The van der Waals surface area contributed by atoms with Crippen molar-refractivity contribution in [2.45, 2.75) is 71.1 Å². The third kappa shape index (κ3) is 4.63. The number of carbonyl (C=O) groups is 1. The molecule has 5 nitrogen and oxygen atoms in total. The number of imidazole rings is 1. The van der Waals surface area contributed by atoms with E-state index in [9.17, 15) is 4.79 Å². The van der Waals surface area contributed by atoms with Gasteiger partial charge in [-0.25, -0.2) is 4.98 Å². The van der Waals surface area contributed by atoms with E-state index >= 15 is 0 Å². The molecule has 0 saturated heterocycles. The molecule has 20 heavy (non-hydrogen) atoms. The van der Waals surface area contributed by atoms with Crippen molar-refractivity contribution >= 4 is 5.91 Å². The van der Waals surface area contributed by atoms with E-state index in [2.05, 4.69) is 29.5 Å². The summed E-state index contributed by atoms with van der Waals surface area (Å²) < 4.78 is 1.92. The van der Waals surface area contributed by atoms with Crippen LogP contribution in [0.25, 0.3) is 0 Å². The second-order valence-corrected chi connectivity index (χ2v) is 5.91. The molecule has 0 atom stereocenters. The predicted octanol–water partition coefficient (Wildman–Crippen LogP) is 1.83. The van der Waals surface area contributed by atoms with Crippen molar-refractivity contribution in [2.24, 2.45) is 0 Å². The average Bonchev–Trinajstić information content (AvgIpc) is 2.84. The van der Waals surface area contributed by atoms with Crippen LogP contribution in [0.15, 0.2) is 12.4 Å². The summed E-state index contributed by atoms with van der Waals surface area (Å²) in [5, 5.41) is 6.47. The van der Waals surface area contributed by atoms with E-state index in [4.69, 9.17) is 0 Å². The summed E-state index contributed by atoms with van der Waals surface area (Å²) in [5.74, 6) is 1.01. The van der Waals surface area contributed by atoms with Crippen molar-refractivity contribution in [3.8, 4) is 0 Å². The number of rotatable bonds is 6. The van der Waals surface area contributed by atoms with Gasteiger partial charge in [0, 0.05) is 24.5 Å². The molecule has 0 aliphatic heterocycles. The average molecular weight is 278 g/mol. The van der Waals surface area contributed by atoms with Crippen LogP contribution in [0.3, 0.4) is 0 Å². The first-order chi connectivity index (χ1) is 9.65. The fourth-order valence-electron chi connectivity index (χ4n) is 2.62. The number of hydrogen-bond donors (Lipinski definition) is 2. The second kappa shape index (κ2) is 7.43. The number of hydrogen-bond acceptors (Lipinski definition) is 3. The van der Waals surface area contributed by atoms with Gasteiger partial charge in [0.05, 0.1) is 6.54 Å². The van der Waals surface area contributed by atoms with Crippen LogP contribution in [0.1, 0.15) is 51.8 Å². The van der Waals surface area contributed by atoms with Crippen molar-refractivity contribution in [1.82, 2.24) is 20.2 Å². The van der Waals surface area contributed by atoms with E-state index in [-0.39, 0.29) is 5.91 Å². The number of nitrogens with one attached hydrogen (secondary N) is 2. The first-order valence-electron chi connectivity index (χ1n) is 7.68. The fraction of sp³-hybridized carbons (Fsp3) is 0.733. The van der Waals surface area contributed by atoms with Crippen LogP contribution in [-0.4, -0.2) is 27.5 Å². The third-order valence-electron chi connectivity index (χ3n) is 3.75. The molecule has 0 spiro atoms. The highest BCUT2D eigenvalue weighted by molar-refractivity contribution is 5.76. The maximum atomic E-state index is 12.1. The molecular formula is C15H26N4O. The SMILES string of the molecule is CC(C)NCc1nccn1CC(=O)NC1CCCCC1.